The monoisotopic (exact) mass is 341 g/mol. The maximum atomic E-state index is 8.87. The number of hydrogen-bond donors (Lipinski definition) is 1. The molecule has 0 spiro atoms. The average molecular weight is 341 g/mol. The van der Waals surface area contributed by atoms with Crippen molar-refractivity contribution in [2.24, 2.45) is 0 Å². The van der Waals surface area contributed by atoms with Gasteiger partial charge in [0.1, 0.15) is 0 Å². The number of morpholine rings is 1. The van der Waals surface area contributed by atoms with Crippen LogP contribution in [0.5, 0.6) is 0 Å². The predicted molar refractivity (Wildman–Crippen MR) is 96.9 cm³/mol. The number of ether oxygens (including phenoxy) is 1. The number of hydrogen-bond acceptors (Lipinski definition) is 5. The van der Waals surface area contributed by atoms with Crippen molar-refractivity contribution in [2.75, 3.05) is 26.2 Å². The second kappa shape index (κ2) is 8.41. The van der Waals surface area contributed by atoms with Gasteiger partial charge in [0.25, 0.3) is 0 Å². The van der Waals surface area contributed by atoms with E-state index in [1.807, 2.05) is 35.6 Å². The van der Waals surface area contributed by atoms with Crippen LogP contribution in [-0.4, -0.2) is 37.2 Å². The van der Waals surface area contributed by atoms with Gasteiger partial charge in [0, 0.05) is 31.1 Å². The molecule has 4 nitrogen and oxygen atoms in total. The normalized spacial score (nSPS) is 19.8. The zero-order chi connectivity index (χ0) is 16.8. The molecule has 24 heavy (non-hydrogen) atoms. The summed E-state index contributed by atoms with van der Waals surface area (Å²) in [5.41, 5.74) is 1.91. The Morgan fingerprint density at radius 1 is 1.38 bits per heavy atom. The number of thiophene rings is 1. The molecule has 1 fully saturated rings. The maximum absolute atomic E-state index is 8.87. The fraction of sp³-hybridized carbons (Fsp3) is 0.421. The Bertz CT molecular complexity index is 663. The van der Waals surface area contributed by atoms with E-state index in [1.165, 1.54) is 10.4 Å². The van der Waals surface area contributed by atoms with Crippen LogP contribution < -0.4 is 5.32 Å². The molecule has 126 valence electrons. The Hall–Kier alpha value is -1.71. The van der Waals surface area contributed by atoms with Gasteiger partial charge in [-0.2, -0.15) is 5.26 Å². The topological polar surface area (TPSA) is 48.3 Å². The van der Waals surface area contributed by atoms with E-state index in [9.17, 15) is 0 Å². The molecule has 3 rings (SSSR count). The first-order valence-electron chi connectivity index (χ1n) is 8.35. The average Bonchev–Trinajstić information content (AvgIpc) is 3.13. The molecule has 1 aromatic carbocycles. The van der Waals surface area contributed by atoms with Crippen LogP contribution in [0.15, 0.2) is 41.8 Å². The van der Waals surface area contributed by atoms with Gasteiger partial charge >= 0.3 is 0 Å². The Morgan fingerprint density at radius 2 is 2.21 bits per heavy atom. The minimum Gasteiger partial charge on any atom is -0.376 e. The lowest BCUT2D eigenvalue weighted by molar-refractivity contribution is -0.0339. The van der Waals surface area contributed by atoms with E-state index in [1.54, 1.807) is 0 Å². The van der Waals surface area contributed by atoms with Gasteiger partial charge in [0.05, 0.1) is 30.4 Å². The maximum Gasteiger partial charge on any atom is 0.0991 e. The molecule has 0 unspecified atom stereocenters. The van der Waals surface area contributed by atoms with Crippen molar-refractivity contribution in [3.05, 3.63) is 57.8 Å². The fourth-order valence-corrected chi connectivity index (χ4v) is 3.93. The highest BCUT2D eigenvalue weighted by atomic mass is 32.1. The summed E-state index contributed by atoms with van der Waals surface area (Å²) in [6, 6.07) is 14.7. The van der Waals surface area contributed by atoms with Gasteiger partial charge < -0.3 is 10.1 Å². The van der Waals surface area contributed by atoms with E-state index in [0.29, 0.717) is 17.7 Å². The predicted octanol–water partition coefficient (Wildman–Crippen LogP) is 3.17. The van der Waals surface area contributed by atoms with Crippen molar-refractivity contribution in [3.63, 3.8) is 0 Å². The standard InChI is InChI=1S/C19H23N3OS/c1-15-14-22(8-9-23-15)18(19-3-2-10-24-19)13-21-12-17-6-4-16(11-20)5-7-17/h2-7,10,15,18,21H,8-9,12-14H2,1H3/t15-,18+/m0/s1. The summed E-state index contributed by atoms with van der Waals surface area (Å²) >= 11 is 1.82. The highest BCUT2D eigenvalue weighted by Gasteiger charge is 2.25. The lowest BCUT2D eigenvalue weighted by Crippen LogP contribution is -2.45. The number of rotatable bonds is 6. The van der Waals surface area contributed by atoms with E-state index in [-0.39, 0.29) is 0 Å². The van der Waals surface area contributed by atoms with Crippen LogP contribution in [0.4, 0.5) is 0 Å². The van der Waals surface area contributed by atoms with Gasteiger partial charge in [0.15, 0.2) is 0 Å². The molecule has 0 bridgehead atoms. The zero-order valence-electron chi connectivity index (χ0n) is 13.9. The van der Waals surface area contributed by atoms with Crippen molar-refractivity contribution in [1.82, 2.24) is 10.2 Å². The van der Waals surface area contributed by atoms with Gasteiger partial charge in [-0.3, -0.25) is 4.90 Å². The molecule has 1 aliphatic heterocycles. The van der Waals surface area contributed by atoms with Gasteiger partial charge in [-0.25, -0.2) is 0 Å². The van der Waals surface area contributed by atoms with Gasteiger partial charge in [-0.05, 0) is 36.1 Å². The SMILES string of the molecule is C[C@H]1CN([C@H](CNCc2ccc(C#N)cc2)c2cccs2)CCO1. The Labute approximate surface area is 147 Å². The van der Waals surface area contributed by atoms with E-state index in [0.717, 1.165) is 32.8 Å². The molecule has 2 heterocycles. The second-order valence-corrected chi connectivity index (χ2v) is 7.13. The zero-order valence-corrected chi connectivity index (χ0v) is 14.8. The van der Waals surface area contributed by atoms with E-state index >= 15 is 0 Å². The van der Waals surface area contributed by atoms with Gasteiger partial charge in [-0.1, -0.05) is 18.2 Å². The van der Waals surface area contributed by atoms with Crippen molar-refractivity contribution >= 4 is 11.3 Å². The Morgan fingerprint density at radius 3 is 2.88 bits per heavy atom. The quantitative estimate of drug-likeness (QED) is 0.877. The first-order valence-corrected chi connectivity index (χ1v) is 9.23. The highest BCUT2D eigenvalue weighted by Crippen LogP contribution is 2.26. The van der Waals surface area contributed by atoms with E-state index in [4.69, 9.17) is 10.00 Å². The summed E-state index contributed by atoms with van der Waals surface area (Å²) < 4.78 is 5.69. The van der Waals surface area contributed by atoms with E-state index < -0.39 is 0 Å². The Balaban J connectivity index is 1.60. The van der Waals surface area contributed by atoms with Crippen LogP contribution in [-0.2, 0) is 11.3 Å². The molecule has 0 amide bonds. The smallest absolute Gasteiger partial charge is 0.0991 e. The highest BCUT2D eigenvalue weighted by molar-refractivity contribution is 7.10. The largest absolute Gasteiger partial charge is 0.376 e. The lowest BCUT2D eigenvalue weighted by Gasteiger charge is -2.37. The van der Waals surface area contributed by atoms with Crippen LogP contribution in [0.1, 0.15) is 29.0 Å². The van der Waals surface area contributed by atoms with Crippen molar-refractivity contribution in [3.8, 4) is 6.07 Å². The molecular formula is C19H23N3OS. The van der Waals surface area contributed by atoms with E-state index in [2.05, 4.69) is 40.7 Å². The van der Waals surface area contributed by atoms with Crippen LogP contribution in [0.3, 0.4) is 0 Å². The van der Waals surface area contributed by atoms with Crippen molar-refractivity contribution in [1.29, 1.82) is 5.26 Å². The van der Waals surface area contributed by atoms with Crippen molar-refractivity contribution < 1.29 is 4.74 Å². The van der Waals surface area contributed by atoms with Crippen LogP contribution in [0.2, 0.25) is 0 Å². The Kier molecular flexibility index (Phi) is 6.00. The lowest BCUT2D eigenvalue weighted by atomic mass is 10.1. The molecule has 1 aliphatic rings. The minimum absolute atomic E-state index is 0.291. The molecule has 2 atom stereocenters. The molecule has 0 saturated carbocycles. The summed E-state index contributed by atoms with van der Waals surface area (Å²) in [7, 11) is 0. The van der Waals surface area contributed by atoms with Gasteiger partial charge in [-0.15, -0.1) is 11.3 Å². The first-order chi connectivity index (χ1) is 11.8. The summed E-state index contributed by atoms with van der Waals surface area (Å²) in [6.07, 6.45) is 0.291. The molecular weight excluding hydrogens is 318 g/mol. The van der Waals surface area contributed by atoms with Crippen LogP contribution >= 0.6 is 11.3 Å². The molecule has 1 aromatic heterocycles. The molecule has 1 saturated heterocycles. The summed E-state index contributed by atoms with van der Waals surface area (Å²) in [5, 5.41) is 14.6. The molecule has 0 radical (unpaired) electrons. The van der Waals surface area contributed by atoms with Crippen LogP contribution in [0.25, 0.3) is 0 Å². The third-order valence-electron chi connectivity index (χ3n) is 4.33. The molecule has 0 aliphatic carbocycles. The number of nitriles is 1. The van der Waals surface area contributed by atoms with Crippen molar-refractivity contribution in [2.45, 2.75) is 25.6 Å². The summed E-state index contributed by atoms with van der Waals surface area (Å²) in [5.74, 6) is 0. The van der Waals surface area contributed by atoms with Crippen LogP contribution in [0, 0.1) is 11.3 Å². The third kappa shape index (κ3) is 4.43. The fourth-order valence-electron chi connectivity index (χ4n) is 3.07. The molecule has 5 heteroatoms. The molecule has 2 aromatic rings. The summed E-state index contributed by atoms with van der Waals surface area (Å²) in [4.78, 5) is 3.92. The van der Waals surface area contributed by atoms with Gasteiger partial charge in [0.2, 0.25) is 0 Å². The third-order valence-corrected chi connectivity index (χ3v) is 5.31. The first kappa shape index (κ1) is 17.1. The number of benzene rings is 1. The summed E-state index contributed by atoms with van der Waals surface area (Å²) in [6.45, 7) is 6.62. The number of nitrogens with zero attached hydrogens (tertiary/aromatic N) is 2. The minimum atomic E-state index is 0.291. The second-order valence-electron chi connectivity index (χ2n) is 6.15. The number of nitrogens with one attached hydrogen (secondary N) is 1. The molecule has 1 N–H and O–H groups in total.